The van der Waals surface area contributed by atoms with E-state index in [1.807, 2.05) is 0 Å². The first-order valence-corrected chi connectivity index (χ1v) is 12.0. The zero-order chi connectivity index (χ0) is 25.8. The molecule has 182 valence electrons. The Labute approximate surface area is 218 Å². The number of halogens is 1. The average molecular weight is 569 g/mol. The molecule has 0 radical (unpaired) electrons. The number of amides is 2. The van der Waals surface area contributed by atoms with Crippen LogP contribution in [0.4, 0.5) is 10.5 Å². The number of nitro benzene ring substituents is 1. The second-order valence-electron chi connectivity index (χ2n) is 7.47. The lowest BCUT2D eigenvalue weighted by Crippen LogP contribution is -2.27. The number of esters is 1. The summed E-state index contributed by atoms with van der Waals surface area (Å²) in [6, 6.07) is 17.3. The van der Waals surface area contributed by atoms with Crippen LogP contribution < -0.4 is 9.47 Å². The lowest BCUT2D eigenvalue weighted by Gasteiger charge is -2.12. The molecular weight excluding hydrogens is 552 g/mol. The molecule has 1 saturated heterocycles. The van der Waals surface area contributed by atoms with Gasteiger partial charge < -0.3 is 9.47 Å². The van der Waals surface area contributed by atoms with E-state index < -0.39 is 22.0 Å². The summed E-state index contributed by atoms with van der Waals surface area (Å²) in [4.78, 5) is 49.4. The van der Waals surface area contributed by atoms with Crippen molar-refractivity contribution in [2.24, 2.45) is 0 Å². The van der Waals surface area contributed by atoms with Crippen molar-refractivity contribution in [1.82, 2.24) is 4.90 Å². The molecule has 1 fully saturated rings. The number of carbonyl (C=O) groups excluding carboxylic acids is 3. The molecule has 0 N–H and O–H groups in total. The van der Waals surface area contributed by atoms with Crippen LogP contribution in [0.15, 0.2) is 76.1 Å². The summed E-state index contributed by atoms with van der Waals surface area (Å²) in [5.41, 5.74) is 1.42. The maximum atomic E-state index is 12.9. The third-order valence-electron chi connectivity index (χ3n) is 5.14. The predicted molar refractivity (Wildman–Crippen MR) is 137 cm³/mol. The molecule has 0 aliphatic carbocycles. The zero-order valence-corrected chi connectivity index (χ0v) is 21.1. The Hall–Kier alpha value is -3.96. The molecule has 0 spiro atoms. The zero-order valence-electron chi connectivity index (χ0n) is 18.7. The van der Waals surface area contributed by atoms with E-state index in [9.17, 15) is 24.5 Å². The lowest BCUT2D eigenvalue weighted by atomic mass is 10.1. The van der Waals surface area contributed by atoms with Crippen LogP contribution in [0.2, 0.25) is 0 Å². The molecule has 0 aromatic heterocycles. The van der Waals surface area contributed by atoms with E-state index in [0.29, 0.717) is 21.2 Å². The molecule has 36 heavy (non-hydrogen) atoms. The second kappa shape index (κ2) is 10.8. The first-order valence-electron chi connectivity index (χ1n) is 10.4. The molecule has 4 rings (SSSR count). The molecular formula is C25H17BrN2O7S. The average Bonchev–Trinajstić information content (AvgIpc) is 3.12. The van der Waals surface area contributed by atoms with Gasteiger partial charge in [-0.3, -0.25) is 24.6 Å². The van der Waals surface area contributed by atoms with Crippen molar-refractivity contribution >= 4 is 56.6 Å². The van der Waals surface area contributed by atoms with Crippen molar-refractivity contribution in [2.45, 2.75) is 6.54 Å². The monoisotopic (exact) mass is 568 g/mol. The van der Waals surface area contributed by atoms with Crippen LogP contribution >= 0.6 is 27.7 Å². The van der Waals surface area contributed by atoms with Crippen molar-refractivity contribution in [1.29, 1.82) is 0 Å². The molecule has 1 aliphatic rings. The molecule has 11 heteroatoms. The molecule has 0 unspecified atom stereocenters. The van der Waals surface area contributed by atoms with Crippen LogP contribution in [0.25, 0.3) is 6.08 Å². The summed E-state index contributed by atoms with van der Waals surface area (Å²) >= 11 is 4.11. The fourth-order valence-electron chi connectivity index (χ4n) is 3.33. The van der Waals surface area contributed by atoms with Gasteiger partial charge >= 0.3 is 5.97 Å². The normalized spacial score (nSPS) is 14.3. The van der Waals surface area contributed by atoms with Crippen LogP contribution in [0.5, 0.6) is 11.5 Å². The number of thioether (sulfide) groups is 1. The number of hydrogen-bond acceptors (Lipinski definition) is 8. The van der Waals surface area contributed by atoms with Gasteiger partial charge in [0.1, 0.15) is 0 Å². The first kappa shape index (κ1) is 25.1. The quantitative estimate of drug-likeness (QED) is 0.115. The van der Waals surface area contributed by atoms with Crippen LogP contribution in [-0.2, 0) is 11.3 Å². The number of hydrogen-bond donors (Lipinski definition) is 0. The Bertz CT molecular complexity index is 1410. The molecule has 3 aromatic carbocycles. The molecule has 2 amide bonds. The lowest BCUT2D eigenvalue weighted by molar-refractivity contribution is -0.384. The fourth-order valence-corrected chi connectivity index (χ4v) is 4.62. The predicted octanol–water partition coefficient (Wildman–Crippen LogP) is 5.82. The van der Waals surface area contributed by atoms with Crippen molar-refractivity contribution < 1.29 is 28.8 Å². The molecule has 1 heterocycles. The molecule has 1 aliphatic heterocycles. The van der Waals surface area contributed by atoms with Crippen LogP contribution in [0.3, 0.4) is 0 Å². The van der Waals surface area contributed by atoms with E-state index in [4.69, 9.17) is 9.47 Å². The molecule has 3 aromatic rings. The van der Waals surface area contributed by atoms with Crippen molar-refractivity contribution in [3.63, 3.8) is 0 Å². The number of ether oxygens (including phenoxy) is 2. The topological polar surface area (TPSA) is 116 Å². The highest BCUT2D eigenvalue weighted by molar-refractivity contribution is 9.10. The van der Waals surface area contributed by atoms with E-state index in [-0.39, 0.29) is 28.6 Å². The van der Waals surface area contributed by atoms with Crippen LogP contribution in [-0.4, -0.2) is 34.0 Å². The first-order chi connectivity index (χ1) is 17.3. The highest BCUT2D eigenvalue weighted by Crippen LogP contribution is 2.35. The smallest absolute Gasteiger partial charge is 0.344 e. The summed E-state index contributed by atoms with van der Waals surface area (Å²) < 4.78 is 11.4. The standard InChI is InChI=1S/C25H17BrN2O7S/c1-34-21-12-16(8-11-20(21)35-24(30)18-4-2-3-5-19(18)26)13-22-23(29)27(25(31)36-22)14-15-6-9-17(10-7-15)28(32)33/h2-13H,14H2,1H3/b22-13-. The van der Waals surface area contributed by atoms with E-state index >= 15 is 0 Å². The van der Waals surface area contributed by atoms with Gasteiger partial charge in [-0.05, 0) is 69.2 Å². The Balaban J connectivity index is 1.50. The molecule has 9 nitrogen and oxygen atoms in total. The maximum Gasteiger partial charge on any atom is 0.344 e. The summed E-state index contributed by atoms with van der Waals surface area (Å²) in [6.45, 7) is -0.00669. The van der Waals surface area contributed by atoms with Gasteiger partial charge in [0.25, 0.3) is 16.8 Å². The maximum absolute atomic E-state index is 12.9. The Morgan fingerprint density at radius 2 is 1.81 bits per heavy atom. The number of nitro groups is 1. The molecule has 0 saturated carbocycles. The Morgan fingerprint density at radius 3 is 2.47 bits per heavy atom. The third-order valence-corrected chi connectivity index (χ3v) is 6.74. The third kappa shape index (κ3) is 5.47. The van der Waals surface area contributed by atoms with Gasteiger partial charge in [-0.15, -0.1) is 0 Å². The van der Waals surface area contributed by atoms with E-state index in [0.717, 1.165) is 16.7 Å². The van der Waals surface area contributed by atoms with Gasteiger partial charge in [0.05, 0.1) is 29.0 Å². The summed E-state index contributed by atoms with van der Waals surface area (Å²) in [5, 5.41) is 10.4. The van der Waals surface area contributed by atoms with Gasteiger partial charge in [0, 0.05) is 16.6 Å². The van der Waals surface area contributed by atoms with Crippen molar-refractivity contribution in [3.05, 3.63) is 103 Å². The number of carbonyl (C=O) groups is 3. The van der Waals surface area contributed by atoms with Gasteiger partial charge in [0.15, 0.2) is 11.5 Å². The largest absolute Gasteiger partial charge is 0.493 e. The number of rotatable bonds is 7. The summed E-state index contributed by atoms with van der Waals surface area (Å²) in [7, 11) is 1.42. The van der Waals surface area contributed by atoms with Crippen molar-refractivity contribution in [2.75, 3.05) is 7.11 Å². The number of imide groups is 1. The summed E-state index contributed by atoms with van der Waals surface area (Å²) in [5.74, 6) is -0.580. The number of benzene rings is 3. The van der Waals surface area contributed by atoms with E-state index in [1.54, 1.807) is 48.5 Å². The minimum atomic E-state index is -0.569. The SMILES string of the molecule is COc1cc(/C=C2\SC(=O)N(Cc3ccc([N+](=O)[O-])cc3)C2=O)ccc1OC(=O)c1ccccc1Br. The minimum Gasteiger partial charge on any atom is -0.493 e. The number of nitrogens with zero attached hydrogens (tertiary/aromatic N) is 2. The van der Waals surface area contributed by atoms with Gasteiger partial charge in [-0.2, -0.15) is 0 Å². The van der Waals surface area contributed by atoms with Crippen LogP contribution in [0.1, 0.15) is 21.5 Å². The van der Waals surface area contributed by atoms with Crippen molar-refractivity contribution in [3.8, 4) is 11.5 Å². The Morgan fingerprint density at radius 1 is 1.08 bits per heavy atom. The van der Waals surface area contributed by atoms with Gasteiger partial charge in [-0.1, -0.05) is 30.3 Å². The summed E-state index contributed by atoms with van der Waals surface area (Å²) in [6.07, 6.45) is 1.54. The van der Waals surface area contributed by atoms with Crippen LogP contribution in [0, 0.1) is 10.1 Å². The Kier molecular flexibility index (Phi) is 7.51. The highest BCUT2D eigenvalue weighted by atomic mass is 79.9. The highest BCUT2D eigenvalue weighted by Gasteiger charge is 2.35. The molecule has 0 bridgehead atoms. The van der Waals surface area contributed by atoms with Gasteiger partial charge in [-0.25, -0.2) is 4.79 Å². The number of methoxy groups -OCH3 is 1. The number of non-ortho nitro benzene ring substituents is 1. The van der Waals surface area contributed by atoms with E-state index in [2.05, 4.69) is 15.9 Å². The minimum absolute atomic E-state index is 0.00669. The van der Waals surface area contributed by atoms with E-state index in [1.165, 1.54) is 31.4 Å². The molecule has 0 atom stereocenters. The fraction of sp³-hybridized carbons (Fsp3) is 0.0800. The second-order valence-corrected chi connectivity index (χ2v) is 9.32. The van der Waals surface area contributed by atoms with Gasteiger partial charge in [0.2, 0.25) is 0 Å².